The zero-order chi connectivity index (χ0) is 22.1. The molecular formula is C20H21Cl2N3O4S. The SMILES string of the molecule is CNC(=O)c1ccc(CN(C)C(=O)c2cc(S(=O)(=O)NC3CC3)c(Cl)cc2Cl)cc1. The molecule has 30 heavy (non-hydrogen) atoms. The van der Waals surface area contributed by atoms with Crippen LogP contribution in [0.15, 0.2) is 41.3 Å². The number of benzene rings is 2. The van der Waals surface area contributed by atoms with E-state index in [2.05, 4.69) is 10.0 Å². The third-order valence-electron chi connectivity index (χ3n) is 4.65. The quantitative estimate of drug-likeness (QED) is 0.650. The average Bonchev–Trinajstić information content (AvgIpc) is 3.50. The van der Waals surface area contributed by atoms with Crippen LogP contribution in [0, 0.1) is 0 Å². The summed E-state index contributed by atoms with van der Waals surface area (Å²) in [5.74, 6) is -0.651. The van der Waals surface area contributed by atoms with Gasteiger partial charge in [0.25, 0.3) is 11.8 Å². The Morgan fingerprint density at radius 1 is 1.10 bits per heavy atom. The first-order valence-electron chi connectivity index (χ1n) is 9.20. The first kappa shape index (κ1) is 22.6. The van der Waals surface area contributed by atoms with Gasteiger partial charge >= 0.3 is 0 Å². The molecule has 0 spiro atoms. The molecule has 1 saturated carbocycles. The molecule has 2 aromatic carbocycles. The van der Waals surface area contributed by atoms with Gasteiger partial charge in [-0.25, -0.2) is 13.1 Å². The van der Waals surface area contributed by atoms with Crippen molar-refractivity contribution in [2.24, 2.45) is 0 Å². The van der Waals surface area contributed by atoms with Crippen molar-refractivity contribution in [1.82, 2.24) is 14.9 Å². The Hall–Kier alpha value is -2.13. The Bertz CT molecular complexity index is 1080. The van der Waals surface area contributed by atoms with Crippen LogP contribution in [-0.4, -0.2) is 45.3 Å². The molecule has 7 nitrogen and oxygen atoms in total. The number of nitrogens with zero attached hydrogens (tertiary/aromatic N) is 1. The Labute approximate surface area is 185 Å². The van der Waals surface area contributed by atoms with Crippen molar-refractivity contribution < 1.29 is 18.0 Å². The smallest absolute Gasteiger partial charge is 0.255 e. The summed E-state index contributed by atoms with van der Waals surface area (Å²) in [6.45, 7) is 0.244. The monoisotopic (exact) mass is 469 g/mol. The van der Waals surface area contributed by atoms with Crippen LogP contribution in [0.1, 0.15) is 39.1 Å². The average molecular weight is 470 g/mol. The number of halogens is 2. The number of hydrogen-bond acceptors (Lipinski definition) is 4. The van der Waals surface area contributed by atoms with E-state index >= 15 is 0 Å². The number of amides is 2. The van der Waals surface area contributed by atoms with Crippen LogP contribution in [0.5, 0.6) is 0 Å². The van der Waals surface area contributed by atoms with E-state index < -0.39 is 15.9 Å². The minimum absolute atomic E-state index is 0.0433. The molecule has 160 valence electrons. The summed E-state index contributed by atoms with van der Waals surface area (Å²) in [6, 6.07) is 9.19. The molecule has 0 unspecified atom stereocenters. The molecule has 0 bridgehead atoms. The lowest BCUT2D eigenvalue weighted by molar-refractivity contribution is 0.0784. The normalized spacial score (nSPS) is 13.7. The highest BCUT2D eigenvalue weighted by Gasteiger charge is 2.30. The lowest BCUT2D eigenvalue weighted by Crippen LogP contribution is -2.28. The highest BCUT2D eigenvalue weighted by Crippen LogP contribution is 2.31. The van der Waals surface area contributed by atoms with E-state index in [4.69, 9.17) is 23.2 Å². The molecule has 0 heterocycles. The Morgan fingerprint density at radius 2 is 1.73 bits per heavy atom. The number of hydrogen-bond donors (Lipinski definition) is 2. The molecular weight excluding hydrogens is 449 g/mol. The van der Waals surface area contributed by atoms with Gasteiger partial charge in [-0.15, -0.1) is 0 Å². The van der Waals surface area contributed by atoms with Crippen molar-refractivity contribution in [2.45, 2.75) is 30.3 Å². The van der Waals surface area contributed by atoms with Crippen LogP contribution in [0.2, 0.25) is 10.0 Å². The van der Waals surface area contributed by atoms with E-state index in [0.717, 1.165) is 18.4 Å². The van der Waals surface area contributed by atoms with Crippen LogP contribution in [0.25, 0.3) is 0 Å². The maximum Gasteiger partial charge on any atom is 0.255 e. The molecule has 0 saturated heterocycles. The summed E-state index contributed by atoms with van der Waals surface area (Å²) in [5.41, 5.74) is 1.35. The fourth-order valence-corrected chi connectivity index (χ4v) is 5.00. The predicted octanol–water partition coefficient (Wildman–Crippen LogP) is 3.07. The molecule has 0 aliphatic heterocycles. The number of sulfonamides is 1. The van der Waals surface area contributed by atoms with Crippen molar-refractivity contribution in [2.75, 3.05) is 14.1 Å². The lowest BCUT2D eigenvalue weighted by Gasteiger charge is -2.19. The topological polar surface area (TPSA) is 95.6 Å². The van der Waals surface area contributed by atoms with Crippen LogP contribution >= 0.6 is 23.2 Å². The second-order valence-electron chi connectivity index (χ2n) is 7.10. The summed E-state index contributed by atoms with van der Waals surface area (Å²) in [7, 11) is -0.721. The second kappa shape index (κ2) is 8.93. The molecule has 2 aromatic rings. The zero-order valence-electron chi connectivity index (χ0n) is 16.4. The van der Waals surface area contributed by atoms with Crippen molar-refractivity contribution in [3.05, 3.63) is 63.1 Å². The van der Waals surface area contributed by atoms with Crippen LogP contribution in [0.4, 0.5) is 0 Å². The molecule has 1 aliphatic carbocycles. The van der Waals surface area contributed by atoms with Gasteiger partial charge in [-0.05, 0) is 42.7 Å². The zero-order valence-corrected chi connectivity index (χ0v) is 18.7. The largest absolute Gasteiger partial charge is 0.355 e. The molecule has 2 N–H and O–H groups in total. The van der Waals surface area contributed by atoms with Crippen molar-refractivity contribution >= 4 is 45.0 Å². The van der Waals surface area contributed by atoms with E-state index in [1.807, 2.05) is 0 Å². The van der Waals surface area contributed by atoms with Gasteiger partial charge in [0, 0.05) is 32.2 Å². The number of nitrogens with one attached hydrogen (secondary N) is 2. The fourth-order valence-electron chi connectivity index (χ4n) is 2.84. The molecule has 0 radical (unpaired) electrons. The number of rotatable bonds is 7. The van der Waals surface area contributed by atoms with Gasteiger partial charge < -0.3 is 10.2 Å². The minimum Gasteiger partial charge on any atom is -0.355 e. The Morgan fingerprint density at radius 3 is 2.30 bits per heavy atom. The van der Waals surface area contributed by atoms with Crippen LogP contribution in [-0.2, 0) is 16.6 Å². The molecule has 1 fully saturated rings. The van der Waals surface area contributed by atoms with Gasteiger partial charge in [-0.2, -0.15) is 0 Å². The lowest BCUT2D eigenvalue weighted by atomic mass is 10.1. The standard InChI is InChI=1S/C20H21Cl2N3O4S/c1-23-19(26)13-5-3-12(4-6-13)11-25(2)20(27)15-9-18(17(22)10-16(15)21)30(28,29)24-14-7-8-14/h3-6,9-10,14,24H,7-8,11H2,1-2H3,(H,23,26). The Kier molecular flexibility index (Phi) is 6.71. The van der Waals surface area contributed by atoms with Gasteiger partial charge in [-0.1, -0.05) is 35.3 Å². The van der Waals surface area contributed by atoms with Crippen molar-refractivity contribution in [3.8, 4) is 0 Å². The van der Waals surface area contributed by atoms with Gasteiger partial charge in [0.05, 0.1) is 15.6 Å². The van der Waals surface area contributed by atoms with E-state index in [0.29, 0.717) is 5.56 Å². The number of carbonyl (C=O) groups excluding carboxylic acids is 2. The second-order valence-corrected chi connectivity index (χ2v) is 9.59. The van der Waals surface area contributed by atoms with Crippen LogP contribution in [0.3, 0.4) is 0 Å². The van der Waals surface area contributed by atoms with Gasteiger partial charge in [0.1, 0.15) is 4.90 Å². The fraction of sp³-hybridized carbons (Fsp3) is 0.300. The first-order valence-corrected chi connectivity index (χ1v) is 11.4. The summed E-state index contributed by atoms with van der Waals surface area (Å²) in [5, 5.41) is 2.56. The highest BCUT2D eigenvalue weighted by atomic mass is 35.5. The van der Waals surface area contributed by atoms with E-state index in [9.17, 15) is 18.0 Å². The molecule has 1 aliphatic rings. The molecule has 3 rings (SSSR count). The first-order chi connectivity index (χ1) is 14.1. The van der Waals surface area contributed by atoms with E-state index in [-0.39, 0.29) is 39.0 Å². The van der Waals surface area contributed by atoms with Crippen LogP contribution < -0.4 is 10.0 Å². The number of carbonyl (C=O) groups is 2. The van der Waals surface area contributed by atoms with Gasteiger partial charge in [0.15, 0.2) is 0 Å². The Balaban J connectivity index is 1.81. The third-order valence-corrected chi connectivity index (χ3v) is 6.95. The van der Waals surface area contributed by atoms with Gasteiger partial charge in [-0.3, -0.25) is 9.59 Å². The molecule has 0 aromatic heterocycles. The van der Waals surface area contributed by atoms with E-state index in [1.165, 1.54) is 17.0 Å². The summed E-state index contributed by atoms with van der Waals surface area (Å²) in [6.07, 6.45) is 1.55. The maximum atomic E-state index is 12.9. The predicted molar refractivity (Wildman–Crippen MR) is 115 cm³/mol. The van der Waals surface area contributed by atoms with Crippen molar-refractivity contribution in [1.29, 1.82) is 0 Å². The van der Waals surface area contributed by atoms with Crippen molar-refractivity contribution in [3.63, 3.8) is 0 Å². The minimum atomic E-state index is -3.85. The molecule has 2 amide bonds. The molecule has 10 heteroatoms. The third kappa shape index (κ3) is 5.13. The summed E-state index contributed by atoms with van der Waals surface area (Å²) < 4.78 is 27.7. The van der Waals surface area contributed by atoms with E-state index in [1.54, 1.807) is 38.4 Å². The summed E-state index contributed by atoms with van der Waals surface area (Å²) in [4.78, 5) is 25.8. The van der Waals surface area contributed by atoms with Gasteiger partial charge in [0.2, 0.25) is 10.0 Å². The highest BCUT2D eigenvalue weighted by molar-refractivity contribution is 7.89. The molecule has 0 atom stereocenters. The summed E-state index contributed by atoms with van der Waals surface area (Å²) >= 11 is 12.3. The maximum absolute atomic E-state index is 12.9.